The van der Waals surface area contributed by atoms with E-state index in [2.05, 4.69) is 13.8 Å². The van der Waals surface area contributed by atoms with Crippen molar-refractivity contribution in [3.63, 3.8) is 0 Å². The maximum absolute atomic E-state index is 8.26. The van der Waals surface area contributed by atoms with E-state index in [4.69, 9.17) is 24.4 Å². The zero-order chi connectivity index (χ0) is 31.6. The van der Waals surface area contributed by atoms with Gasteiger partial charge in [0.15, 0.2) is 0 Å². The van der Waals surface area contributed by atoms with Gasteiger partial charge in [-0.2, -0.15) is 0 Å². The molecule has 0 saturated heterocycles. The normalized spacial score (nSPS) is 11.2. The molecule has 0 aromatic rings. The largest absolute Gasteiger partial charge is 0.394 e. The van der Waals surface area contributed by atoms with Crippen LogP contribution in [0.25, 0.3) is 0 Å². The van der Waals surface area contributed by atoms with E-state index in [0.29, 0.717) is 26.4 Å². The van der Waals surface area contributed by atoms with Crippen LogP contribution in [-0.2, 0) is 14.2 Å². The van der Waals surface area contributed by atoms with E-state index in [1.165, 1.54) is 180 Å². The third kappa shape index (κ3) is 48.9. The van der Waals surface area contributed by atoms with E-state index in [-0.39, 0.29) is 13.2 Å². The summed E-state index contributed by atoms with van der Waals surface area (Å²) >= 11 is 0. The van der Waals surface area contributed by atoms with Gasteiger partial charge in [-0.15, -0.1) is 0 Å². The molecule has 0 heterocycles. The van der Waals surface area contributed by atoms with Gasteiger partial charge in [0.1, 0.15) is 0 Å². The number of unbranched alkanes of at least 4 members (excludes halogenated alkanes) is 26. The molecule has 0 fully saturated rings. The Hall–Kier alpha value is -0.200. The Morgan fingerprint density at radius 3 is 0.698 bits per heavy atom. The second-order valence-electron chi connectivity index (χ2n) is 12.5. The number of aliphatic hydroxyl groups is 2. The van der Waals surface area contributed by atoms with Crippen LogP contribution in [0.3, 0.4) is 0 Å². The highest BCUT2D eigenvalue weighted by molar-refractivity contribution is 4.51. The molecule has 0 saturated carbocycles. The van der Waals surface area contributed by atoms with Crippen molar-refractivity contribution in [2.45, 2.75) is 194 Å². The number of aliphatic hydroxyl groups excluding tert-OH is 2. The van der Waals surface area contributed by atoms with Gasteiger partial charge in [0.2, 0.25) is 0 Å². The zero-order valence-electron chi connectivity index (χ0n) is 29.6. The topological polar surface area (TPSA) is 68.2 Å². The van der Waals surface area contributed by atoms with Crippen LogP contribution in [0.1, 0.15) is 194 Å². The molecule has 0 aliphatic carbocycles. The average Bonchev–Trinajstić information content (AvgIpc) is 3.02. The van der Waals surface area contributed by atoms with E-state index >= 15 is 0 Å². The van der Waals surface area contributed by atoms with Crippen LogP contribution in [-0.4, -0.2) is 63.1 Å². The van der Waals surface area contributed by atoms with Crippen LogP contribution in [0.15, 0.2) is 0 Å². The fraction of sp³-hybridized carbons (Fsp3) is 1.00. The predicted molar refractivity (Wildman–Crippen MR) is 187 cm³/mol. The molecule has 0 amide bonds. The molecule has 0 aliphatic rings. The molecule has 0 aromatic heterocycles. The zero-order valence-corrected chi connectivity index (χ0v) is 29.6. The second-order valence-corrected chi connectivity index (χ2v) is 12.5. The van der Waals surface area contributed by atoms with Gasteiger partial charge in [0, 0.05) is 13.2 Å². The summed E-state index contributed by atoms with van der Waals surface area (Å²) in [4.78, 5) is 0. The van der Waals surface area contributed by atoms with Crippen LogP contribution in [0.5, 0.6) is 0 Å². The maximum Gasteiger partial charge on any atom is 0.0701 e. The highest BCUT2D eigenvalue weighted by Crippen LogP contribution is 2.14. The van der Waals surface area contributed by atoms with Crippen LogP contribution in [0.4, 0.5) is 0 Å². The summed E-state index contributed by atoms with van der Waals surface area (Å²) < 4.78 is 15.6. The summed E-state index contributed by atoms with van der Waals surface area (Å²) in [6, 6.07) is 0. The highest BCUT2D eigenvalue weighted by Gasteiger charge is 1.96. The molecule has 0 aliphatic heterocycles. The van der Waals surface area contributed by atoms with Gasteiger partial charge < -0.3 is 24.4 Å². The molecule has 5 nitrogen and oxygen atoms in total. The van der Waals surface area contributed by atoms with Gasteiger partial charge in [0.25, 0.3) is 0 Å². The summed E-state index contributed by atoms with van der Waals surface area (Å²) in [6.45, 7) is 8.32. The predicted octanol–water partition coefficient (Wildman–Crippen LogP) is 11.0. The summed E-state index contributed by atoms with van der Waals surface area (Å²) in [5, 5.41) is 16.5. The first-order valence-corrected chi connectivity index (χ1v) is 19.3. The minimum Gasteiger partial charge on any atom is -0.394 e. The summed E-state index contributed by atoms with van der Waals surface area (Å²) in [7, 11) is 0. The molecular weight excluding hydrogens is 536 g/mol. The molecule has 0 spiro atoms. The second kappa shape index (κ2) is 46.2. The number of hydrogen-bond donors (Lipinski definition) is 2. The third-order valence-electron chi connectivity index (χ3n) is 8.13. The molecule has 0 unspecified atom stereocenters. The lowest BCUT2D eigenvalue weighted by Gasteiger charge is -2.05. The third-order valence-corrected chi connectivity index (χ3v) is 8.13. The Morgan fingerprint density at radius 1 is 0.256 bits per heavy atom. The average molecular weight is 617 g/mol. The Morgan fingerprint density at radius 2 is 0.465 bits per heavy atom. The first kappa shape index (κ1) is 44.9. The van der Waals surface area contributed by atoms with Gasteiger partial charge in [-0.25, -0.2) is 0 Å². The number of hydrogen-bond acceptors (Lipinski definition) is 5. The van der Waals surface area contributed by atoms with Gasteiger partial charge >= 0.3 is 0 Å². The SMILES string of the molecule is CCCCCCCCCCCCCCCCOCCCCCCCCCCCCCCCC.OCCOCCOCCO. The smallest absolute Gasteiger partial charge is 0.0701 e. The van der Waals surface area contributed by atoms with Crippen LogP contribution < -0.4 is 0 Å². The lowest BCUT2D eigenvalue weighted by atomic mass is 10.0. The van der Waals surface area contributed by atoms with Crippen molar-refractivity contribution in [3.05, 3.63) is 0 Å². The molecule has 2 N–H and O–H groups in total. The first-order valence-electron chi connectivity index (χ1n) is 19.3. The number of ether oxygens (including phenoxy) is 3. The van der Waals surface area contributed by atoms with Crippen molar-refractivity contribution in [2.75, 3.05) is 52.9 Å². The van der Waals surface area contributed by atoms with Crippen molar-refractivity contribution < 1.29 is 24.4 Å². The Kier molecular flexibility index (Phi) is 48.3. The fourth-order valence-electron chi connectivity index (χ4n) is 5.35. The summed E-state index contributed by atoms with van der Waals surface area (Å²) in [5.74, 6) is 0. The Labute approximate surface area is 270 Å². The van der Waals surface area contributed by atoms with E-state index in [1.807, 2.05) is 0 Å². The van der Waals surface area contributed by atoms with Crippen LogP contribution in [0.2, 0.25) is 0 Å². The first-order chi connectivity index (χ1) is 21.3. The van der Waals surface area contributed by atoms with Crippen molar-refractivity contribution in [3.8, 4) is 0 Å². The summed E-state index contributed by atoms with van der Waals surface area (Å²) in [6.07, 6.45) is 40.1. The Bertz CT molecular complexity index is 397. The van der Waals surface area contributed by atoms with E-state index in [0.717, 1.165) is 13.2 Å². The molecule has 0 atom stereocenters. The minimum atomic E-state index is 0.0417. The van der Waals surface area contributed by atoms with Crippen LogP contribution in [0, 0.1) is 0 Å². The van der Waals surface area contributed by atoms with Gasteiger partial charge in [0.05, 0.1) is 39.6 Å². The van der Waals surface area contributed by atoms with Crippen molar-refractivity contribution >= 4 is 0 Å². The molecule has 0 aromatic carbocycles. The quantitative estimate of drug-likeness (QED) is 0.0680. The highest BCUT2D eigenvalue weighted by atomic mass is 16.5. The monoisotopic (exact) mass is 617 g/mol. The van der Waals surface area contributed by atoms with Crippen molar-refractivity contribution in [1.29, 1.82) is 0 Å². The molecule has 0 radical (unpaired) electrons. The van der Waals surface area contributed by atoms with Crippen molar-refractivity contribution in [2.24, 2.45) is 0 Å². The van der Waals surface area contributed by atoms with E-state index in [1.54, 1.807) is 0 Å². The lowest BCUT2D eigenvalue weighted by molar-refractivity contribution is 0.0222. The fourth-order valence-corrected chi connectivity index (χ4v) is 5.35. The lowest BCUT2D eigenvalue weighted by Crippen LogP contribution is -2.09. The van der Waals surface area contributed by atoms with E-state index in [9.17, 15) is 0 Å². The maximum atomic E-state index is 8.26. The summed E-state index contributed by atoms with van der Waals surface area (Å²) in [5.41, 5.74) is 0. The molecule has 0 bridgehead atoms. The molecular formula is C38H80O5. The minimum absolute atomic E-state index is 0.0417. The molecule has 262 valence electrons. The molecule has 43 heavy (non-hydrogen) atoms. The van der Waals surface area contributed by atoms with E-state index < -0.39 is 0 Å². The standard InChI is InChI=1S/C32H66O.C6H14O4/c1-3-5-7-9-11-13-15-17-19-21-23-25-27-29-31-33-32-30-28-26-24-22-20-18-16-14-12-10-8-6-4-2;7-1-3-9-5-6-10-4-2-8/h3-32H2,1-2H3;7-8H,1-6H2. The number of rotatable bonds is 37. The molecule has 0 rings (SSSR count). The van der Waals surface area contributed by atoms with Crippen molar-refractivity contribution in [1.82, 2.24) is 0 Å². The van der Waals surface area contributed by atoms with Gasteiger partial charge in [-0.1, -0.05) is 181 Å². The van der Waals surface area contributed by atoms with Crippen LogP contribution >= 0.6 is 0 Å². The van der Waals surface area contributed by atoms with Gasteiger partial charge in [-0.05, 0) is 12.8 Å². The Balaban J connectivity index is 0. The molecule has 5 heteroatoms. The van der Waals surface area contributed by atoms with Gasteiger partial charge in [-0.3, -0.25) is 0 Å².